The summed E-state index contributed by atoms with van der Waals surface area (Å²) in [7, 11) is 0. The molecule has 26 heavy (non-hydrogen) atoms. The molecule has 3 amide bonds. The molecule has 0 aromatic heterocycles. The molecule has 2 aromatic rings. The van der Waals surface area contributed by atoms with E-state index in [0.717, 1.165) is 0 Å². The number of carbonyl (C=O) groups is 3. The molecule has 0 atom stereocenters. The van der Waals surface area contributed by atoms with Crippen LogP contribution in [0.4, 0.5) is 22.7 Å². The first-order chi connectivity index (χ1) is 12.2. The summed E-state index contributed by atoms with van der Waals surface area (Å²) in [5.74, 6) is -1.11. The minimum absolute atomic E-state index is 0.207. The van der Waals surface area contributed by atoms with Crippen LogP contribution in [0.15, 0.2) is 30.3 Å². The lowest BCUT2D eigenvalue weighted by Gasteiger charge is -2.12. The summed E-state index contributed by atoms with van der Waals surface area (Å²) in [6.07, 6.45) is 0. The van der Waals surface area contributed by atoms with Crippen molar-refractivity contribution in [1.82, 2.24) is 0 Å². The molecule has 5 N–H and O–H groups in total. The summed E-state index contributed by atoms with van der Waals surface area (Å²) >= 11 is 11.9. The number of carbonyl (C=O) groups excluding carboxylic acids is 3. The number of nitrogens with one attached hydrogen (secondary N) is 3. The van der Waals surface area contributed by atoms with Crippen molar-refractivity contribution < 1.29 is 14.4 Å². The highest BCUT2D eigenvalue weighted by molar-refractivity contribution is 6.39. The molecular formula is C17H16Cl2N4O3. The van der Waals surface area contributed by atoms with Crippen LogP contribution in [0.3, 0.4) is 0 Å². The number of hydrogen-bond donors (Lipinski definition) is 4. The van der Waals surface area contributed by atoms with Gasteiger partial charge in [-0.3, -0.25) is 14.4 Å². The Kier molecular flexibility index (Phi) is 6.07. The van der Waals surface area contributed by atoms with Crippen molar-refractivity contribution in [3.63, 3.8) is 0 Å². The van der Waals surface area contributed by atoms with E-state index in [0.29, 0.717) is 17.1 Å². The second kappa shape index (κ2) is 8.07. The predicted molar refractivity (Wildman–Crippen MR) is 104 cm³/mol. The van der Waals surface area contributed by atoms with Crippen LogP contribution >= 0.6 is 23.2 Å². The first-order valence-corrected chi connectivity index (χ1v) is 8.17. The Morgan fingerprint density at radius 1 is 0.769 bits per heavy atom. The fraction of sp³-hybridized carbons (Fsp3) is 0.118. The van der Waals surface area contributed by atoms with Gasteiger partial charge in [0.25, 0.3) is 5.91 Å². The van der Waals surface area contributed by atoms with Crippen molar-refractivity contribution in [3.8, 4) is 0 Å². The average molecular weight is 395 g/mol. The largest absolute Gasteiger partial charge is 0.396 e. The van der Waals surface area contributed by atoms with Gasteiger partial charge in [-0.05, 0) is 30.3 Å². The number of nitrogens with two attached hydrogens (primary N) is 1. The van der Waals surface area contributed by atoms with E-state index >= 15 is 0 Å². The maximum atomic E-state index is 12.5. The first kappa shape index (κ1) is 19.6. The summed E-state index contributed by atoms with van der Waals surface area (Å²) in [6, 6.07) is 7.42. The summed E-state index contributed by atoms with van der Waals surface area (Å²) in [6.45, 7) is 2.67. The van der Waals surface area contributed by atoms with Gasteiger partial charge in [-0.25, -0.2) is 0 Å². The van der Waals surface area contributed by atoms with Gasteiger partial charge in [0, 0.05) is 36.5 Å². The number of anilines is 4. The lowest BCUT2D eigenvalue weighted by Crippen LogP contribution is -2.15. The van der Waals surface area contributed by atoms with E-state index in [4.69, 9.17) is 28.9 Å². The van der Waals surface area contributed by atoms with E-state index in [2.05, 4.69) is 16.0 Å². The van der Waals surface area contributed by atoms with Crippen LogP contribution < -0.4 is 21.7 Å². The highest BCUT2D eigenvalue weighted by Gasteiger charge is 2.13. The Labute approximate surface area is 159 Å². The number of benzene rings is 2. The number of nitrogen functional groups attached to an aromatic ring is 1. The van der Waals surface area contributed by atoms with Crippen LogP contribution in [0.5, 0.6) is 0 Å². The summed E-state index contributed by atoms with van der Waals surface area (Å²) in [5.41, 5.74) is 7.17. The van der Waals surface area contributed by atoms with Crippen molar-refractivity contribution in [2.24, 2.45) is 0 Å². The van der Waals surface area contributed by atoms with Crippen molar-refractivity contribution >= 4 is 63.7 Å². The minimum Gasteiger partial charge on any atom is -0.396 e. The molecule has 9 heteroatoms. The second-order valence-corrected chi connectivity index (χ2v) is 6.28. The molecule has 0 heterocycles. The average Bonchev–Trinajstić information content (AvgIpc) is 2.50. The molecule has 0 saturated heterocycles. The smallest absolute Gasteiger partial charge is 0.255 e. The number of hydrogen-bond acceptors (Lipinski definition) is 4. The zero-order valence-electron chi connectivity index (χ0n) is 13.9. The Hall–Kier alpha value is -2.77. The van der Waals surface area contributed by atoms with Gasteiger partial charge in [-0.15, -0.1) is 0 Å². The van der Waals surface area contributed by atoms with Gasteiger partial charge in [-0.1, -0.05) is 23.2 Å². The van der Waals surface area contributed by atoms with Crippen molar-refractivity contribution in [3.05, 3.63) is 45.9 Å². The van der Waals surface area contributed by atoms with Gasteiger partial charge >= 0.3 is 0 Å². The maximum absolute atomic E-state index is 12.5. The molecule has 2 rings (SSSR count). The van der Waals surface area contributed by atoms with Gasteiger partial charge in [0.1, 0.15) is 0 Å². The molecule has 2 aromatic carbocycles. The van der Waals surface area contributed by atoms with Crippen LogP contribution in [0.1, 0.15) is 24.2 Å². The topological polar surface area (TPSA) is 113 Å². The standard InChI is InChI=1S/C17H16Cl2N4O3/c1-8(24)21-11-3-10(4-12(5-11)22-9(2)25)17(26)23-13-6-14(18)16(20)15(19)7-13/h3-7H,20H2,1-2H3,(H,21,24)(H,22,25)(H,23,26). The molecule has 0 bridgehead atoms. The normalized spacial score (nSPS) is 10.2. The minimum atomic E-state index is -0.485. The maximum Gasteiger partial charge on any atom is 0.255 e. The Bertz CT molecular complexity index is 842. The van der Waals surface area contributed by atoms with E-state index < -0.39 is 5.91 Å². The van der Waals surface area contributed by atoms with Crippen molar-refractivity contribution in [1.29, 1.82) is 0 Å². The molecule has 136 valence electrons. The van der Waals surface area contributed by atoms with Crippen LogP contribution in [-0.2, 0) is 9.59 Å². The van der Waals surface area contributed by atoms with E-state index in [9.17, 15) is 14.4 Å². The molecule has 0 radical (unpaired) electrons. The van der Waals surface area contributed by atoms with Crippen molar-refractivity contribution in [2.75, 3.05) is 21.7 Å². The lowest BCUT2D eigenvalue weighted by atomic mass is 10.1. The van der Waals surface area contributed by atoms with Crippen LogP contribution in [0.25, 0.3) is 0 Å². The zero-order valence-corrected chi connectivity index (χ0v) is 15.5. The van der Waals surface area contributed by atoms with Gasteiger partial charge < -0.3 is 21.7 Å². The quantitative estimate of drug-likeness (QED) is 0.591. The number of amides is 3. The van der Waals surface area contributed by atoms with Crippen molar-refractivity contribution in [2.45, 2.75) is 13.8 Å². The summed E-state index contributed by atoms with van der Waals surface area (Å²) < 4.78 is 0. The third-order valence-electron chi connectivity index (χ3n) is 3.17. The third-order valence-corrected chi connectivity index (χ3v) is 3.80. The fourth-order valence-corrected chi connectivity index (χ4v) is 2.66. The number of rotatable bonds is 4. The van der Waals surface area contributed by atoms with E-state index in [1.807, 2.05) is 0 Å². The SMILES string of the molecule is CC(=O)Nc1cc(NC(C)=O)cc(C(=O)Nc2cc(Cl)c(N)c(Cl)c2)c1. The summed E-state index contributed by atoms with van der Waals surface area (Å²) in [5, 5.41) is 8.20. The van der Waals surface area contributed by atoms with E-state index in [-0.39, 0.29) is 33.1 Å². The van der Waals surface area contributed by atoms with E-state index in [1.54, 1.807) is 0 Å². The lowest BCUT2D eigenvalue weighted by molar-refractivity contribution is -0.115. The molecule has 0 unspecified atom stereocenters. The van der Waals surface area contributed by atoms with Gasteiger partial charge in [-0.2, -0.15) is 0 Å². The van der Waals surface area contributed by atoms with Crippen LogP contribution in [0, 0.1) is 0 Å². The fourth-order valence-electron chi connectivity index (χ4n) is 2.17. The van der Waals surface area contributed by atoms with Gasteiger partial charge in [0.15, 0.2) is 0 Å². The molecule has 0 spiro atoms. The Morgan fingerprint density at radius 3 is 1.62 bits per heavy atom. The molecule has 7 nitrogen and oxygen atoms in total. The van der Waals surface area contributed by atoms with Gasteiger partial charge in [0.2, 0.25) is 11.8 Å². The molecular weight excluding hydrogens is 379 g/mol. The first-order valence-electron chi connectivity index (χ1n) is 7.42. The molecule has 0 saturated carbocycles. The second-order valence-electron chi connectivity index (χ2n) is 5.47. The molecule has 0 aliphatic rings. The van der Waals surface area contributed by atoms with Gasteiger partial charge in [0.05, 0.1) is 15.7 Å². The van der Waals surface area contributed by atoms with Crippen LogP contribution in [-0.4, -0.2) is 17.7 Å². The van der Waals surface area contributed by atoms with Crippen LogP contribution in [0.2, 0.25) is 10.0 Å². The highest BCUT2D eigenvalue weighted by Crippen LogP contribution is 2.31. The predicted octanol–water partition coefficient (Wildman–Crippen LogP) is 3.74. The Morgan fingerprint density at radius 2 is 1.19 bits per heavy atom. The zero-order chi connectivity index (χ0) is 19.4. The van der Waals surface area contributed by atoms with E-state index in [1.165, 1.54) is 44.2 Å². The number of halogens is 2. The Balaban J connectivity index is 2.34. The highest BCUT2D eigenvalue weighted by atomic mass is 35.5. The summed E-state index contributed by atoms with van der Waals surface area (Å²) in [4.78, 5) is 35.1. The molecule has 0 fully saturated rings. The third kappa shape index (κ3) is 5.11. The molecule has 0 aliphatic carbocycles. The monoisotopic (exact) mass is 394 g/mol. The molecule has 0 aliphatic heterocycles.